The average molecular weight is 336 g/mol. The summed E-state index contributed by atoms with van der Waals surface area (Å²) in [5, 5.41) is 4.85. The number of esters is 1. The standard InChI is InChI=1S/C21H24N2O2/c1-2-25-21(24)15-23(12-11-22)14-20-18-9-5-3-7-16(18)13-17-8-4-6-10-19(17)20/h3-10,13H,2,11-12,14-15,22H2,1H3. The lowest BCUT2D eigenvalue weighted by atomic mass is 9.96. The second kappa shape index (κ2) is 8.10. The maximum atomic E-state index is 11.9. The van der Waals surface area contributed by atoms with Gasteiger partial charge in [-0.05, 0) is 40.1 Å². The molecule has 0 saturated carbocycles. The van der Waals surface area contributed by atoms with Gasteiger partial charge in [0.2, 0.25) is 0 Å². The van der Waals surface area contributed by atoms with E-state index in [4.69, 9.17) is 10.5 Å². The Morgan fingerprint density at radius 2 is 1.64 bits per heavy atom. The summed E-state index contributed by atoms with van der Waals surface area (Å²) in [4.78, 5) is 14.0. The van der Waals surface area contributed by atoms with E-state index in [1.165, 1.54) is 27.1 Å². The quantitative estimate of drug-likeness (QED) is 0.531. The first-order chi connectivity index (χ1) is 12.2. The summed E-state index contributed by atoms with van der Waals surface area (Å²) in [6, 6.07) is 19.0. The van der Waals surface area contributed by atoms with Crippen LogP contribution in [0.3, 0.4) is 0 Å². The highest BCUT2D eigenvalue weighted by Gasteiger charge is 2.15. The summed E-state index contributed by atoms with van der Waals surface area (Å²) in [6.45, 7) is 4.29. The molecule has 0 saturated heterocycles. The molecule has 0 atom stereocenters. The number of carbonyl (C=O) groups excluding carboxylic acids is 1. The molecule has 0 heterocycles. The Kier molecular flexibility index (Phi) is 5.64. The molecule has 0 spiro atoms. The number of fused-ring (bicyclic) bond motifs is 2. The maximum Gasteiger partial charge on any atom is 0.320 e. The van der Waals surface area contributed by atoms with E-state index < -0.39 is 0 Å². The van der Waals surface area contributed by atoms with Crippen LogP contribution in [-0.4, -0.2) is 37.1 Å². The molecule has 0 aliphatic carbocycles. The third-order valence-corrected chi connectivity index (χ3v) is 4.37. The molecule has 4 heteroatoms. The lowest BCUT2D eigenvalue weighted by Gasteiger charge is -2.22. The molecule has 3 aromatic carbocycles. The zero-order chi connectivity index (χ0) is 17.6. The summed E-state index contributed by atoms with van der Waals surface area (Å²) in [7, 11) is 0. The number of hydrogen-bond donors (Lipinski definition) is 1. The molecule has 2 N–H and O–H groups in total. The van der Waals surface area contributed by atoms with Crippen LogP contribution in [0.4, 0.5) is 0 Å². The summed E-state index contributed by atoms with van der Waals surface area (Å²) >= 11 is 0. The third kappa shape index (κ3) is 3.98. The molecule has 0 amide bonds. The Morgan fingerprint density at radius 1 is 1.04 bits per heavy atom. The van der Waals surface area contributed by atoms with Crippen molar-refractivity contribution in [2.45, 2.75) is 13.5 Å². The zero-order valence-electron chi connectivity index (χ0n) is 14.6. The smallest absolute Gasteiger partial charge is 0.320 e. The topological polar surface area (TPSA) is 55.6 Å². The zero-order valence-corrected chi connectivity index (χ0v) is 14.6. The number of carbonyl (C=O) groups is 1. The summed E-state index contributed by atoms with van der Waals surface area (Å²) in [6.07, 6.45) is 0. The van der Waals surface area contributed by atoms with Gasteiger partial charge in [0.25, 0.3) is 0 Å². The highest BCUT2D eigenvalue weighted by Crippen LogP contribution is 2.29. The molecule has 0 fully saturated rings. The molecule has 25 heavy (non-hydrogen) atoms. The number of nitrogens with two attached hydrogens (primary N) is 1. The van der Waals surface area contributed by atoms with Crippen LogP contribution in [0, 0.1) is 0 Å². The lowest BCUT2D eigenvalue weighted by Crippen LogP contribution is -2.34. The van der Waals surface area contributed by atoms with Gasteiger partial charge in [0.1, 0.15) is 0 Å². The first-order valence-corrected chi connectivity index (χ1v) is 8.70. The van der Waals surface area contributed by atoms with E-state index >= 15 is 0 Å². The minimum Gasteiger partial charge on any atom is -0.465 e. The fourth-order valence-corrected chi connectivity index (χ4v) is 3.29. The predicted octanol–water partition coefficient (Wildman–Crippen LogP) is 3.32. The van der Waals surface area contributed by atoms with Gasteiger partial charge in [-0.2, -0.15) is 0 Å². The molecule has 0 aliphatic rings. The van der Waals surface area contributed by atoms with Crippen LogP contribution in [0.15, 0.2) is 54.6 Å². The Hall–Kier alpha value is -2.43. The van der Waals surface area contributed by atoms with Gasteiger partial charge in [0, 0.05) is 19.6 Å². The predicted molar refractivity (Wildman–Crippen MR) is 102 cm³/mol. The van der Waals surface area contributed by atoms with Crippen molar-refractivity contribution in [3.63, 3.8) is 0 Å². The lowest BCUT2D eigenvalue weighted by molar-refractivity contribution is -0.144. The van der Waals surface area contributed by atoms with Gasteiger partial charge in [0.15, 0.2) is 0 Å². The number of benzene rings is 3. The Balaban J connectivity index is 2.03. The van der Waals surface area contributed by atoms with Crippen molar-refractivity contribution < 1.29 is 9.53 Å². The van der Waals surface area contributed by atoms with Gasteiger partial charge in [-0.1, -0.05) is 48.5 Å². The second-order valence-corrected chi connectivity index (χ2v) is 6.10. The summed E-state index contributed by atoms with van der Waals surface area (Å²) in [5.41, 5.74) is 6.99. The van der Waals surface area contributed by atoms with Gasteiger partial charge in [-0.3, -0.25) is 9.69 Å². The van der Waals surface area contributed by atoms with E-state index in [0.717, 1.165) is 0 Å². The second-order valence-electron chi connectivity index (χ2n) is 6.10. The van der Waals surface area contributed by atoms with Crippen LogP contribution in [-0.2, 0) is 16.1 Å². The van der Waals surface area contributed by atoms with Crippen LogP contribution in [0.25, 0.3) is 21.5 Å². The summed E-state index contributed by atoms with van der Waals surface area (Å²) < 4.78 is 5.11. The molecule has 3 aromatic rings. The van der Waals surface area contributed by atoms with Crippen LogP contribution in [0.1, 0.15) is 12.5 Å². The number of hydrogen-bond acceptors (Lipinski definition) is 4. The van der Waals surface area contributed by atoms with Crippen LogP contribution in [0.2, 0.25) is 0 Å². The van der Waals surface area contributed by atoms with E-state index in [1.807, 2.05) is 6.92 Å². The number of ether oxygens (including phenoxy) is 1. The van der Waals surface area contributed by atoms with Crippen molar-refractivity contribution in [1.29, 1.82) is 0 Å². The Bertz CT molecular complexity index is 822. The Labute approximate surface area is 148 Å². The van der Waals surface area contributed by atoms with Gasteiger partial charge in [0.05, 0.1) is 13.2 Å². The van der Waals surface area contributed by atoms with Crippen molar-refractivity contribution in [3.8, 4) is 0 Å². The fourth-order valence-electron chi connectivity index (χ4n) is 3.29. The summed E-state index contributed by atoms with van der Waals surface area (Å²) in [5.74, 6) is -0.208. The van der Waals surface area contributed by atoms with Crippen LogP contribution >= 0.6 is 0 Å². The largest absolute Gasteiger partial charge is 0.465 e. The molecular weight excluding hydrogens is 312 g/mol. The van der Waals surface area contributed by atoms with Crippen LogP contribution < -0.4 is 5.73 Å². The number of nitrogens with zero attached hydrogens (tertiary/aromatic N) is 1. The maximum absolute atomic E-state index is 11.9. The molecule has 0 aliphatic heterocycles. The van der Waals surface area contributed by atoms with E-state index in [9.17, 15) is 4.79 Å². The molecule has 0 radical (unpaired) electrons. The molecule has 0 aromatic heterocycles. The average Bonchev–Trinajstić information content (AvgIpc) is 2.62. The van der Waals surface area contributed by atoms with Crippen molar-refractivity contribution in [1.82, 2.24) is 4.90 Å². The highest BCUT2D eigenvalue weighted by molar-refractivity contribution is 6.02. The van der Waals surface area contributed by atoms with Gasteiger partial charge >= 0.3 is 5.97 Å². The first-order valence-electron chi connectivity index (χ1n) is 8.70. The van der Waals surface area contributed by atoms with E-state index in [-0.39, 0.29) is 12.5 Å². The van der Waals surface area contributed by atoms with Gasteiger partial charge in [-0.25, -0.2) is 0 Å². The van der Waals surface area contributed by atoms with E-state index in [1.54, 1.807) is 0 Å². The van der Waals surface area contributed by atoms with Gasteiger partial charge in [-0.15, -0.1) is 0 Å². The monoisotopic (exact) mass is 336 g/mol. The molecule has 0 bridgehead atoms. The van der Waals surface area contributed by atoms with Crippen molar-refractivity contribution >= 4 is 27.5 Å². The third-order valence-electron chi connectivity index (χ3n) is 4.37. The van der Waals surface area contributed by atoms with Crippen molar-refractivity contribution in [3.05, 3.63) is 60.2 Å². The van der Waals surface area contributed by atoms with Gasteiger partial charge < -0.3 is 10.5 Å². The Morgan fingerprint density at radius 3 is 2.20 bits per heavy atom. The van der Waals surface area contributed by atoms with E-state index in [2.05, 4.69) is 59.5 Å². The van der Waals surface area contributed by atoms with Crippen molar-refractivity contribution in [2.24, 2.45) is 5.73 Å². The molecular formula is C21H24N2O2. The normalized spacial score (nSPS) is 11.3. The highest BCUT2D eigenvalue weighted by atomic mass is 16.5. The molecule has 3 rings (SSSR count). The molecule has 4 nitrogen and oxygen atoms in total. The van der Waals surface area contributed by atoms with Crippen LogP contribution in [0.5, 0.6) is 0 Å². The van der Waals surface area contributed by atoms with E-state index in [0.29, 0.717) is 26.2 Å². The molecule has 0 unspecified atom stereocenters. The SMILES string of the molecule is CCOC(=O)CN(CCN)Cc1c2ccccc2cc2ccccc12. The minimum atomic E-state index is -0.208. The minimum absolute atomic E-state index is 0.208. The fraction of sp³-hybridized carbons (Fsp3) is 0.286. The van der Waals surface area contributed by atoms with Crippen molar-refractivity contribution in [2.75, 3.05) is 26.2 Å². The molecule has 130 valence electrons. The first kappa shape index (κ1) is 17.4. The number of rotatable bonds is 7.